The zero-order valence-corrected chi connectivity index (χ0v) is 6.93. The molecule has 1 amide bonds. The first kappa shape index (κ1) is 8.14. The lowest BCUT2D eigenvalue weighted by molar-refractivity contribution is 0.230. The quantitative estimate of drug-likeness (QED) is 0.536. The Hall–Kier alpha value is -0.960. The van der Waals surface area contributed by atoms with E-state index in [-0.39, 0.29) is 0 Å². The van der Waals surface area contributed by atoms with Gasteiger partial charge in [0.05, 0.1) is 6.54 Å². The number of amides is 1. The third kappa shape index (κ3) is 2.27. The predicted octanol–water partition coefficient (Wildman–Crippen LogP) is 1.81. The van der Waals surface area contributed by atoms with Crippen LogP contribution < -0.4 is 0 Å². The van der Waals surface area contributed by atoms with Gasteiger partial charge in [-0.05, 0) is 23.7 Å². The van der Waals surface area contributed by atoms with Crippen molar-refractivity contribution in [1.82, 2.24) is 9.88 Å². The number of halogens is 1. The van der Waals surface area contributed by atoms with Crippen LogP contribution in [-0.4, -0.2) is 22.3 Å². The molecule has 60 valence electrons. The second kappa shape index (κ2) is 3.44. The molecule has 0 atom stereocenters. The molecule has 0 unspecified atom stereocenters. The largest absolute Gasteiger partial charge is 0.364 e. The van der Waals surface area contributed by atoms with Gasteiger partial charge in [0.2, 0.25) is 0 Å². The maximum Gasteiger partial charge on any atom is 0.316 e. The van der Waals surface area contributed by atoms with E-state index in [2.05, 4.69) is 4.98 Å². The molecular weight excluding hydrogens is 164 g/mol. The fourth-order valence-corrected chi connectivity index (χ4v) is 0.843. The van der Waals surface area contributed by atoms with Gasteiger partial charge in [-0.2, -0.15) is 0 Å². The monoisotopic (exact) mass is 172 g/mol. The van der Waals surface area contributed by atoms with Crippen LogP contribution in [0.4, 0.5) is 4.79 Å². The van der Waals surface area contributed by atoms with Crippen molar-refractivity contribution in [2.24, 2.45) is 0 Å². The molecule has 0 saturated heterocycles. The van der Waals surface area contributed by atoms with E-state index in [1.807, 2.05) is 18.3 Å². The summed E-state index contributed by atoms with van der Waals surface area (Å²) in [7, 11) is 1.65. The zero-order chi connectivity index (χ0) is 8.27. The highest BCUT2D eigenvalue weighted by molar-refractivity contribution is 6.62. The molecule has 0 spiro atoms. The number of aromatic nitrogens is 1. The Morgan fingerprint density at radius 2 is 2.55 bits per heavy atom. The highest BCUT2D eigenvalue weighted by atomic mass is 35.5. The van der Waals surface area contributed by atoms with Gasteiger partial charge in [-0.1, -0.05) is 0 Å². The second-order valence-electron chi connectivity index (χ2n) is 2.30. The Morgan fingerprint density at radius 1 is 1.82 bits per heavy atom. The second-order valence-corrected chi connectivity index (χ2v) is 2.63. The summed E-state index contributed by atoms with van der Waals surface area (Å²) in [6, 6.07) is 3.78. The molecule has 0 fully saturated rings. The number of rotatable bonds is 2. The van der Waals surface area contributed by atoms with E-state index in [1.54, 1.807) is 7.05 Å². The van der Waals surface area contributed by atoms with Gasteiger partial charge in [-0.25, -0.2) is 0 Å². The summed E-state index contributed by atoms with van der Waals surface area (Å²) >= 11 is 5.22. The van der Waals surface area contributed by atoms with E-state index < -0.39 is 5.37 Å². The van der Waals surface area contributed by atoms with Gasteiger partial charge in [0, 0.05) is 18.9 Å². The van der Waals surface area contributed by atoms with Gasteiger partial charge in [-0.15, -0.1) is 0 Å². The lowest BCUT2D eigenvalue weighted by Crippen LogP contribution is -2.20. The van der Waals surface area contributed by atoms with Crippen LogP contribution in [0.1, 0.15) is 5.69 Å². The zero-order valence-electron chi connectivity index (χ0n) is 6.17. The van der Waals surface area contributed by atoms with E-state index >= 15 is 0 Å². The Balaban J connectivity index is 2.50. The Labute approximate surface area is 70.0 Å². The highest BCUT2D eigenvalue weighted by Gasteiger charge is 2.04. The normalized spacial score (nSPS) is 9.64. The molecule has 0 radical (unpaired) electrons. The molecule has 1 aromatic heterocycles. The van der Waals surface area contributed by atoms with Crippen molar-refractivity contribution in [3.63, 3.8) is 0 Å². The minimum Gasteiger partial charge on any atom is -0.364 e. The molecule has 0 aliphatic heterocycles. The van der Waals surface area contributed by atoms with Crippen LogP contribution in [0.3, 0.4) is 0 Å². The molecule has 0 aliphatic carbocycles. The summed E-state index contributed by atoms with van der Waals surface area (Å²) in [6.07, 6.45) is 1.81. The number of nitrogens with one attached hydrogen (secondary N) is 1. The van der Waals surface area contributed by atoms with Crippen LogP contribution in [0.5, 0.6) is 0 Å². The SMILES string of the molecule is CN(Cc1ccc[nH]1)C(=O)Cl. The number of nitrogens with zero attached hydrogens (tertiary/aromatic N) is 1. The van der Waals surface area contributed by atoms with Crippen molar-refractivity contribution >= 4 is 17.0 Å². The number of hydrogen-bond acceptors (Lipinski definition) is 1. The van der Waals surface area contributed by atoms with Crippen LogP contribution in [0.25, 0.3) is 0 Å². The predicted molar refractivity (Wildman–Crippen MR) is 43.5 cm³/mol. The number of carbonyl (C=O) groups is 1. The molecule has 3 nitrogen and oxygen atoms in total. The standard InChI is InChI=1S/C7H9ClN2O/c1-10(7(8)11)5-6-3-2-4-9-6/h2-4,9H,5H2,1H3. The maximum absolute atomic E-state index is 10.5. The van der Waals surface area contributed by atoms with Crippen molar-refractivity contribution in [3.05, 3.63) is 24.0 Å². The maximum atomic E-state index is 10.5. The number of carbonyl (C=O) groups excluding carboxylic acids is 1. The molecule has 0 saturated carbocycles. The van der Waals surface area contributed by atoms with Crippen molar-refractivity contribution in [2.75, 3.05) is 7.05 Å². The number of aromatic amines is 1. The minimum atomic E-state index is -0.445. The molecule has 0 bridgehead atoms. The third-order valence-corrected chi connectivity index (χ3v) is 1.66. The molecule has 0 aromatic carbocycles. The van der Waals surface area contributed by atoms with E-state index in [9.17, 15) is 4.79 Å². The minimum absolute atomic E-state index is 0.445. The fourth-order valence-electron chi connectivity index (χ4n) is 0.784. The van der Waals surface area contributed by atoms with E-state index in [4.69, 9.17) is 11.6 Å². The van der Waals surface area contributed by atoms with Gasteiger partial charge in [0.1, 0.15) is 0 Å². The lowest BCUT2D eigenvalue weighted by Gasteiger charge is -2.10. The first-order chi connectivity index (χ1) is 5.20. The van der Waals surface area contributed by atoms with E-state index in [1.165, 1.54) is 4.90 Å². The molecule has 4 heteroatoms. The Morgan fingerprint density at radius 3 is 3.00 bits per heavy atom. The Bertz CT molecular complexity index is 233. The molecule has 1 N–H and O–H groups in total. The average molecular weight is 173 g/mol. The number of hydrogen-bond donors (Lipinski definition) is 1. The third-order valence-electron chi connectivity index (χ3n) is 1.37. The highest BCUT2D eigenvalue weighted by Crippen LogP contribution is 2.01. The summed E-state index contributed by atoms with van der Waals surface area (Å²) < 4.78 is 0. The average Bonchev–Trinajstić information content (AvgIpc) is 2.39. The van der Waals surface area contributed by atoms with Crippen LogP contribution >= 0.6 is 11.6 Å². The molecular formula is C7H9ClN2O. The van der Waals surface area contributed by atoms with Gasteiger partial charge in [0.15, 0.2) is 0 Å². The molecule has 1 heterocycles. The summed E-state index contributed by atoms with van der Waals surface area (Å²) in [5.41, 5.74) is 0.974. The van der Waals surface area contributed by atoms with Gasteiger partial charge in [0.25, 0.3) is 0 Å². The van der Waals surface area contributed by atoms with E-state index in [0.29, 0.717) is 6.54 Å². The van der Waals surface area contributed by atoms with Crippen molar-refractivity contribution in [1.29, 1.82) is 0 Å². The van der Waals surface area contributed by atoms with Gasteiger partial charge < -0.3 is 9.88 Å². The fraction of sp³-hybridized carbons (Fsp3) is 0.286. The summed E-state index contributed by atoms with van der Waals surface area (Å²) in [5.74, 6) is 0. The van der Waals surface area contributed by atoms with Crippen LogP contribution in [0, 0.1) is 0 Å². The first-order valence-corrected chi connectivity index (χ1v) is 3.61. The molecule has 1 aromatic rings. The lowest BCUT2D eigenvalue weighted by atomic mass is 10.4. The van der Waals surface area contributed by atoms with Crippen molar-refractivity contribution in [3.8, 4) is 0 Å². The topological polar surface area (TPSA) is 36.1 Å². The first-order valence-electron chi connectivity index (χ1n) is 3.23. The number of H-pyrrole nitrogens is 1. The van der Waals surface area contributed by atoms with Crippen LogP contribution in [0.15, 0.2) is 18.3 Å². The van der Waals surface area contributed by atoms with Crippen LogP contribution in [-0.2, 0) is 6.54 Å². The molecule has 1 rings (SSSR count). The van der Waals surface area contributed by atoms with Gasteiger partial charge >= 0.3 is 5.37 Å². The summed E-state index contributed by atoms with van der Waals surface area (Å²) in [4.78, 5) is 14.9. The molecule has 0 aliphatic rings. The summed E-state index contributed by atoms with van der Waals surface area (Å²) in [6.45, 7) is 0.523. The Kier molecular flexibility index (Phi) is 2.54. The summed E-state index contributed by atoms with van der Waals surface area (Å²) in [5, 5.41) is -0.445. The smallest absolute Gasteiger partial charge is 0.316 e. The van der Waals surface area contributed by atoms with E-state index in [0.717, 1.165) is 5.69 Å². The van der Waals surface area contributed by atoms with Gasteiger partial charge in [-0.3, -0.25) is 4.79 Å². The van der Waals surface area contributed by atoms with Crippen molar-refractivity contribution < 1.29 is 4.79 Å². The van der Waals surface area contributed by atoms with Crippen LogP contribution in [0.2, 0.25) is 0 Å². The van der Waals surface area contributed by atoms with Crippen molar-refractivity contribution in [2.45, 2.75) is 6.54 Å². The molecule has 11 heavy (non-hydrogen) atoms.